The van der Waals surface area contributed by atoms with E-state index in [-0.39, 0.29) is 36.1 Å². The van der Waals surface area contributed by atoms with Gasteiger partial charge in [-0.05, 0) is 61.6 Å². The smallest absolute Gasteiger partial charge is 0.272 e. The number of carbonyl (C=O) groups excluding carboxylic acids is 1. The molecule has 8 nitrogen and oxygen atoms in total. The van der Waals surface area contributed by atoms with Crippen LogP contribution in [0.1, 0.15) is 73.5 Å². The normalized spacial score (nSPS) is 21.3. The van der Waals surface area contributed by atoms with Crippen LogP contribution in [0.4, 0.5) is 4.39 Å². The summed E-state index contributed by atoms with van der Waals surface area (Å²) in [7, 11) is 3.26. The quantitative estimate of drug-likeness (QED) is 0.262. The number of benzene rings is 2. The summed E-state index contributed by atoms with van der Waals surface area (Å²) in [5.74, 6) is 0.779. The molecule has 6 rings (SSSR count). The van der Waals surface area contributed by atoms with E-state index in [1.807, 2.05) is 41.1 Å². The molecular weight excluding hydrogens is 535 g/mol. The molecule has 1 saturated heterocycles. The predicted molar refractivity (Wildman–Crippen MR) is 159 cm³/mol. The van der Waals surface area contributed by atoms with E-state index in [0.29, 0.717) is 29.7 Å². The van der Waals surface area contributed by atoms with Gasteiger partial charge in [0.1, 0.15) is 29.6 Å². The summed E-state index contributed by atoms with van der Waals surface area (Å²) in [4.78, 5) is 13.8. The molecule has 3 aromatic rings. The Hall–Kier alpha value is -3.69. The lowest BCUT2D eigenvalue weighted by Crippen LogP contribution is -2.39. The molecule has 2 aliphatic carbocycles. The number of nitrogens with one attached hydrogen (secondary N) is 2. The van der Waals surface area contributed by atoms with Gasteiger partial charge in [0.25, 0.3) is 5.91 Å². The van der Waals surface area contributed by atoms with Crippen molar-refractivity contribution in [3.63, 3.8) is 0 Å². The molecule has 42 heavy (non-hydrogen) atoms. The summed E-state index contributed by atoms with van der Waals surface area (Å²) in [5.41, 5.74) is 2.78. The zero-order chi connectivity index (χ0) is 29.1. The summed E-state index contributed by atoms with van der Waals surface area (Å²) in [6.07, 6.45) is 12.4. The Labute approximate surface area is 246 Å². The second-order valence-electron chi connectivity index (χ2n) is 11.5. The summed E-state index contributed by atoms with van der Waals surface area (Å²) < 4.78 is 32.7. The molecule has 3 atom stereocenters. The van der Waals surface area contributed by atoms with Gasteiger partial charge in [-0.3, -0.25) is 14.8 Å². The van der Waals surface area contributed by atoms with Crippen molar-refractivity contribution in [2.75, 3.05) is 14.2 Å². The van der Waals surface area contributed by atoms with Gasteiger partial charge in [0.15, 0.2) is 5.69 Å². The Morgan fingerprint density at radius 1 is 1.07 bits per heavy atom. The topological polar surface area (TPSA) is 89.9 Å². The average molecular weight is 575 g/mol. The van der Waals surface area contributed by atoms with Crippen LogP contribution in [0.3, 0.4) is 0 Å². The minimum Gasteiger partial charge on any atom is -0.496 e. The molecule has 222 valence electrons. The lowest BCUT2D eigenvalue weighted by Gasteiger charge is -2.25. The number of epoxide rings is 1. The Bertz CT molecular complexity index is 1390. The van der Waals surface area contributed by atoms with Crippen LogP contribution in [0.25, 0.3) is 17.3 Å². The first-order valence-electron chi connectivity index (χ1n) is 15.0. The predicted octanol–water partition coefficient (Wildman–Crippen LogP) is 5.89. The van der Waals surface area contributed by atoms with Crippen LogP contribution >= 0.6 is 0 Å². The van der Waals surface area contributed by atoms with Gasteiger partial charge in [-0.25, -0.2) is 4.39 Å². The van der Waals surface area contributed by atoms with Crippen LogP contribution in [0.5, 0.6) is 11.5 Å². The van der Waals surface area contributed by atoms with Crippen molar-refractivity contribution in [2.45, 2.75) is 81.8 Å². The number of amides is 1. The monoisotopic (exact) mass is 574 g/mol. The molecule has 2 unspecified atom stereocenters. The number of nitrogens with zero attached hydrogens (tertiary/aromatic N) is 2. The molecule has 9 heteroatoms. The third-order valence-electron chi connectivity index (χ3n) is 8.60. The maximum absolute atomic E-state index is 13.8. The number of aromatic nitrogens is 2. The molecule has 0 radical (unpaired) electrons. The summed E-state index contributed by atoms with van der Waals surface area (Å²) in [6, 6.07) is 14.2. The molecule has 3 fully saturated rings. The molecule has 2 saturated carbocycles. The minimum atomic E-state index is -0.304. The second kappa shape index (κ2) is 12.7. The fourth-order valence-corrected chi connectivity index (χ4v) is 5.98. The van der Waals surface area contributed by atoms with Crippen molar-refractivity contribution in [3.8, 4) is 22.8 Å². The first kappa shape index (κ1) is 28.4. The van der Waals surface area contributed by atoms with Crippen LogP contribution in [-0.2, 0) is 4.74 Å². The second-order valence-corrected chi connectivity index (χ2v) is 11.5. The maximum atomic E-state index is 13.8. The molecule has 3 aliphatic rings. The SMILES string of the molecule is COc1cccc(OC)c1-c1cc(C(=O)N[C@@H](/C=C/c2ccc(F)cc2)CC2OC2NC2CCC2)nn1C1CCCC1. The van der Waals surface area contributed by atoms with Crippen molar-refractivity contribution in [1.82, 2.24) is 20.4 Å². The first-order valence-corrected chi connectivity index (χ1v) is 15.0. The average Bonchev–Trinajstić information content (AvgIpc) is 3.32. The van der Waals surface area contributed by atoms with E-state index < -0.39 is 0 Å². The van der Waals surface area contributed by atoms with Gasteiger partial charge in [-0.1, -0.05) is 49.6 Å². The van der Waals surface area contributed by atoms with E-state index in [1.54, 1.807) is 26.4 Å². The molecule has 2 N–H and O–H groups in total. The molecule has 0 spiro atoms. The number of hydrogen-bond acceptors (Lipinski definition) is 6. The van der Waals surface area contributed by atoms with Crippen molar-refractivity contribution >= 4 is 12.0 Å². The third kappa shape index (κ3) is 6.37. The molecule has 2 heterocycles. The van der Waals surface area contributed by atoms with Crippen LogP contribution in [-0.4, -0.2) is 54.3 Å². The number of ether oxygens (including phenoxy) is 3. The van der Waals surface area contributed by atoms with Crippen LogP contribution < -0.4 is 20.1 Å². The highest BCUT2D eigenvalue weighted by molar-refractivity contribution is 5.94. The summed E-state index contributed by atoms with van der Waals surface area (Å²) >= 11 is 0. The van der Waals surface area contributed by atoms with Gasteiger partial charge in [0.05, 0.1) is 37.6 Å². The minimum absolute atomic E-state index is 0.0122. The van der Waals surface area contributed by atoms with E-state index >= 15 is 0 Å². The Balaban J connectivity index is 1.26. The number of rotatable bonds is 12. The zero-order valence-electron chi connectivity index (χ0n) is 24.2. The van der Waals surface area contributed by atoms with Crippen molar-refractivity contribution in [3.05, 3.63) is 71.7 Å². The highest BCUT2D eigenvalue weighted by Gasteiger charge is 2.42. The summed E-state index contributed by atoms with van der Waals surface area (Å²) in [6.45, 7) is 0. The van der Waals surface area contributed by atoms with Gasteiger partial charge in [-0.15, -0.1) is 0 Å². The third-order valence-corrected chi connectivity index (χ3v) is 8.60. The molecular formula is C33H39FN4O4. The molecule has 1 amide bonds. The van der Waals surface area contributed by atoms with E-state index in [9.17, 15) is 9.18 Å². The van der Waals surface area contributed by atoms with E-state index in [0.717, 1.165) is 42.5 Å². The summed E-state index contributed by atoms with van der Waals surface area (Å²) in [5, 5.41) is 11.6. The molecule has 0 bridgehead atoms. The molecule has 2 aromatic carbocycles. The highest BCUT2D eigenvalue weighted by atomic mass is 19.1. The lowest BCUT2D eigenvalue weighted by molar-refractivity contribution is 0.0935. The van der Waals surface area contributed by atoms with Gasteiger partial charge in [0.2, 0.25) is 0 Å². The van der Waals surface area contributed by atoms with Gasteiger partial charge in [0, 0.05) is 12.5 Å². The van der Waals surface area contributed by atoms with Crippen molar-refractivity contribution in [2.24, 2.45) is 0 Å². The number of hydrogen-bond donors (Lipinski definition) is 2. The van der Waals surface area contributed by atoms with Crippen molar-refractivity contribution in [1.29, 1.82) is 0 Å². The molecule has 1 aliphatic heterocycles. The lowest BCUT2D eigenvalue weighted by atomic mass is 9.93. The standard InChI is InChI=1S/C33H39FN4O4/c1-40-28-11-6-12-29(41-2)31(28)27-20-26(37-38(27)25-9-3-4-10-25)32(39)35-24(18-15-21-13-16-22(34)17-14-21)19-30-33(42-30)36-23-7-5-8-23/h6,11-18,20,23-25,30,33,36H,3-5,7-10,19H2,1-2H3,(H,35,39)/b18-15+/t24-,30?,33?/m0/s1. The number of methoxy groups -OCH3 is 2. The fraction of sp³-hybridized carbons (Fsp3) is 0.455. The number of carbonyl (C=O) groups is 1. The zero-order valence-corrected chi connectivity index (χ0v) is 24.2. The van der Waals surface area contributed by atoms with Gasteiger partial charge >= 0.3 is 0 Å². The molecule has 1 aromatic heterocycles. The van der Waals surface area contributed by atoms with Crippen LogP contribution in [0.2, 0.25) is 0 Å². The fourth-order valence-electron chi connectivity index (χ4n) is 5.98. The Morgan fingerprint density at radius 2 is 1.79 bits per heavy atom. The highest BCUT2D eigenvalue weighted by Crippen LogP contribution is 2.42. The Morgan fingerprint density at radius 3 is 2.43 bits per heavy atom. The number of halogens is 1. The van der Waals surface area contributed by atoms with Gasteiger partial charge in [-0.2, -0.15) is 5.10 Å². The first-order chi connectivity index (χ1) is 20.5. The maximum Gasteiger partial charge on any atom is 0.272 e. The van der Waals surface area contributed by atoms with Gasteiger partial charge < -0.3 is 19.5 Å². The van der Waals surface area contributed by atoms with Crippen LogP contribution in [0, 0.1) is 5.82 Å². The van der Waals surface area contributed by atoms with Crippen LogP contribution in [0.15, 0.2) is 54.6 Å². The van der Waals surface area contributed by atoms with E-state index in [4.69, 9.17) is 19.3 Å². The van der Waals surface area contributed by atoms with E-state index in [2.05, 4.69) is 10.6 Å². The van der Waals surface area contributed by atoms with E-state index in [1.165, 1.54) is 31.4 Å². The largest absolute Gasteiger partial charge is 0.496 e. The van der Waals surface area contributed by atoms with Crippen molar-refractivity contribution < 1.29 is 23.4 Å². The Kier molecular flexibility index (Phi) is 8.58.